The van der Waals surface area contributed by atoms with Crippen LogP contribution in [0, 0.1) is 6.92 Å². The molecule has 2 aromatic carbocycles. The Kier molecular flexibility index (Phi) is 2.69. The number of para-hydroxylation sites is 2. The first-order valence-corrected chi connectivity index (χ1v) is 8.28. The summed E-state index contributed by atoms with van der Waals surface area (Å²) in [5.41, 5.74) is 8.81. The Hall–Kier alpha value is -2.94. The molecule has 0 atom stereocenters. The summed E-state index contributed by atoms with van der Waals surface area (Å²) in [5, 5.41) is 0. The van der Waals surface area contributed by atoms with E-state index in [1.54, 1.807) is 0 Å². The van der Waals surface area contributed by atoms with Gasteiger partial charge in [0.2, 0.25) is 5.69 Å². The molecule has 0 radical (unpaired) electrons. The van der Waals surface area contributed by atoms with Crippen LogP contribution < -0.4 is 4.57 Å². The minimum atomic E-state index is 0.885. The number of pyridine rings is 1. The van der Waals surface area contributed by atoms with Gasteiger partial charge in [-0.25, -0.2) is 9.55 Å². The smallest absolute Gasteiger partial charge is 0.212 e. The first-order chi connectivity index (χ1) is 11.7. The molecule has 0 fully saturated rings. The third-order valence-corrected chi connectivity index (χ3v) is 5.01. The Morgan fingerprint density at radius 3 is 2.71 bits per heavy atom. The second-order valence-electron chi connectivity index (χ2n) is 6.48. The lowest BCUT2D eigenvalue weighted by Gasteiger charge is -2.11. The van der Waals surface area contributed by atoms with Gasteiger partial charge < -0.3 is 0 Å². The van der Waals surface area contributed by atoms with Crippen LogP contribution in [0.25, 0.3) is 28.0 Å². The standard InChI is InChI=1S/C21H18N3/c1-14-10-11-17-15(21(14)19-9-5-6-12-23(19)2)13-20-22-16-7-3-4-8-18(16)24(17)20/h3-12H,13H2,1-2H3/q+1. The van der Waals surface area contributed by atoms with Crippen LogP contribution >= 0.6 is 0 Å². The summed E-state index contributed by atoms with van der Waals surface area (Å²) in [6.45, 7) is 2.20. The average molecular weight is 312 g/mol. The predicted octanol–water partition coefficient (Wildman–Crippen LogP) is 3.73. The summed E-state index contributed by atoms with van der Waals surface area (Å²) in [6, 6.07) is 19.2. The topological polar surface area (TPSA) is 21.7 Å². The molecule has 116 valence electrons. The molecule has 0 aliphatic carbocycles. The highest BCUT2D eigenvalue weighted by Crippen LogP contribution is 2.38. The number of hydrogen-bond donors (Lipinski definition) is 0. The summed E-state index contributed by atoms with van der Waals surface area (Å²) in [4.78, 5) is 4.85. The predicted molar refractivity (Wildman–Crippen MR) is 95.2 cm³/mol. The normalized spacial score (nSPS) is 12.4. The SMILES string of the molecule is Cc1ccc2c(c1-c1cccc[n+]1C)Cc1nc3ccccc3n1-2. The van der Waals surface area contributed by atoms with Crippen molar-refractivity contribution in [3.8, 4) is 16.9 Å². The molecule has 1 aliphatic rings. The summed E-state index contributed by atoms with van der Waals surface area (Å²) in [5.74, 6) is 1.14. The zero-order valence-corrected chi connectivity index (χ0v) is 13.8. The van der Waals surface area contributed by atoms with E-state index >= 15 is 0 Å². The molecule has 0 saturated carbocycles. The highest BCUT2D eigenvalue weighted by Gasteiger charge is 2.28. The molecule has 3 heterocycles. The molecule has 2 aromatic heterocycles. The Morgan fingerprint density at radius 2 is 1.83 bits per heavy atom. The van der Waals surface area contributed by atoms with Gasteiger partial charge in [-0.3, -0.25) is 4.57 Å². The third-order valence-electron chi connectivity index (χ3n) is 5.01. The second-order valence-corrected chi connectivity index (χ2v) is 6.48. The molecule has 0 amide bonds. The van der Waals surface area contributed by atoms with Gasteiger partial charge in [-0.15, -0.1) is 0 Å². The first-order valence-electron chi connectivity index (χ1n) is 8.28. The largest absolute Gasteiger partial charge is 0.296 e. The minimum absolute atomic E-state index is 0.885. The van der Waals surface area contributed by atoms with Gasteiger partial charge in [-0.2, -0.15) is 0 Å². The van der Waals surface area contributed by atoms with Crippen LogP contribution in [-0.2, 0) is 13.5 Å². The zero-order chi connectivity index (χ0) is 16.3. The molecular weight excluding hydrogens is 294 g/mol. The van der Waals surface area contributed by atoms with Crippen molar-refractivity contribution < 1.29 is 4.57 Å². The van der Waals surface area contributed by atoms with Crippen molar-refractivity contribution in [2.24, 2.45) is 7.05 Å². The van der Waals surface area contributed by atoms with Gasteiger partial charge in [-0.05, 0) is 42.3 Å². The first kappa shape index (κ1) is 13.5. The minimum Gasteiger partial charge on any atom is -0.296 e. The van der Waals surface area contributed by atoms with Crippen LogP contribution in [0.3, 0.4) is 0 Å². The molecule has 0 spiro atoms. The summed E-state index contributed by atoms with van der Waals surface area (Å²) < 4.78 is 4.51. The number of hydrogen-bond acceptors (Lipinski definition) is 1. The fraction of sp³-hybridized carbons (Fsp3) is 0.143. The number of rotatable bonds is 1. The highest BCUT2D eigenvalue weighted by atomic mass is 15.1. The van der Waals surface area contributed by atoms with Crippen LogP contribution in [0.5, 0.6) is 0 Å². The van der Waals surface area contributed by atoms with Crippen molar-refractivity contribution in [3.05, 3.63) is 77.7 Å². The molecule has 1 aliphatic heterocycles. The van der Waals surface area contributed by atoms with E-state index in [0.717, 1.165) is 17.8 Å². The van der Waals surface area contributed by atoms with E-state index < -0.39 is 0 Å². The highest BCUT2D eigenvalue weighted by molar-refractivity contribution is 5.82. The van der Waals surface area contributed by atoms with E-state index in [9.17, 15) is 0 Å². The number of nitrogens with zero attached hydrogens (tertiary/aromatic N) is 3. The molecular formula is C21H18N3+. The molecule has 0 bridgehead atoms. The lowest BCUT2D eigenvalue weighted by Crippen LogP contribution is -2.30. The Balaban J connectivity index is 1.83. The molecule has 0 unspecified atom stereocenters. The zero-order valence-electron chi connectivity index (χ0n) is 13.8. The third kappa shape index (κ3) is 1.72. The van der Waals surface area contributed by atoms with Gasteiger partial charge in [0.25, 0.3) is 0 Å². The molecule has 0 N–H and O–H groups in total. The van der Waals surface area contributed by atoms with Gasteiger partial charge in [-0.1, -0.05) is 18.2 Å². The maximum atomic E-state index is 4.85. The second kappa shape index (κ2) is 4.78. The van der Waals surface area contributed by atoms with Crippen LogP contribution in [0.4, 0.5) is 0 Å². The number of benzene rings is 2. The number of aromatic nitrogens is 3. The summed E-state index contributed by atoms with van der Waals surface area (Å²) >= 11 is 0. The summed E-state index contributed by atoms with van der Waals surface area (Å²) in [7, 11) is 2.11. The van der Waals surface area contributed by atoms with Gasteiger partial charge in [0.1, 0.15) is 12.9 Å². The van der Waals surface area contributed by atoms with Gasteiger partial charge in [0.15, 0.2) is 6.20 Å². The number of aryl methyl sites for hydroxylation is 2. The Labute approximate surface area is 140 Å². The molecule has 3 nitrogen and oxygen atoms in total. The fourth-order valence-corrected chi connectivity index (χ4v) is 3.90. The van der Waals surface area contributed by atoms with E-state index in [0.29, 0.717) is 0 Å². The van der Waals surface area contributed by atoms with Crippen molar-refractivity contribution in [2.75, 3.05) is 0 Å². The van der Waals surface area contributed by atoms with Crippen molar-refractivity contribution in [1.82, 2.24) is 9.55 Å². The van der Waals surface area contributed by atoms with Crippen molar-refractivity contribution >= 4 is 11.0 Å². The Bertz CT molecular complexity index is 1110. The van der Waals surface area contributed by atoms with E-state index in [4.69, 9.17) is 4.98 Å². The molecule has 5 rings (SSSR count). The molecule has 0 saturated heterocycles. The maximum Gasteiger partial charge on any atom is 0.212 e. The molecule has 24 heavy (non-hydrogen) atoms. The molecule has 3 heteroatoms. The van der Waals surface area contributed by atoms with E-state index in [1.165, 1.54) is 33.6 Å². The fourth-order valence-electron chi connectivity index (χ4n) is 3.90. The quantitative estimate of drug-likeness (QED) is 0.432. The van der Waals surface area contributed by atoms with Gasteiger partial charge >= 0.3 is 0 Å². The van der Waals surface area contributed by atoms with Crippen molar-refractivity contribution in [1.29, 1.82) is 0 Å². The van der Waals surface area contributed by atoms with Crippen LogP contribution in [-0.4, -0.2) is 9.55 Å². The van der Waals surface area contributed by atoms with Gasteiger partial charge in [0.05, 0.1) is 22.3 Å². The van der Waals surface area contributed by atoms with E-state index in [-0.39, 0.29) is 0 Å². The van der Waals surface area contributed by atoms with Gasteiger partial charge in [0, 0.05) is 18.6 Å². The van der Waals surface area contributed by atoms with E-state index in [2.05, 4.69) is 83.9 Å². The Morgan fingerprint density at radius 1 is 1.00 bits per heavy atom. The lowest BCUT2D eigenvalue weighted by atomic mass is 9.96. The van der Waals surface area contributed by atoms with E-state index in [1.807, 2.05) is 0 Å². The summed E-state index contributed by atoms with van der Waals surface area (Å²) in [6.07, 6.45) is 2.99. The van der Waals surface area contributed by atoms with Crippen molar-refractivity contribution in [2.45, 2.75) is 13.3 Å². The van der Waals surface area contributed by atoms with Crippen LogP contribution in [0.15, 0.2) is 60.8 Å². The monoisotopic (exact) mass is 312 g/mol. The maximum absolute atomic E-state index is 4.85. The number of fused-ring (bicyclic) bond motifs is 5. The average Bonchev–Trinajstić information content (AvgIpc) is 3.11. The number of imidazole rings is 1. The van der Waals surface area contributed by atoms with Crippen LogP contribution in [0.2, 0.25) is 0 Å². The molecule has 4 aromatic rings. The lowest BCUT2D eigenvalue weighted by molar-refractivity contribution is -0.660. The van der Waals surface area contributed by atoms with Crippen molar-refractivity contribution in [3.63, 3.8) is 0 Å². The van der Waals surface area contributed by atoms with Crippen LogP contribution in [0.1, 0.15) is 17.0 Å².